The van der Waals surface area contributed by atoms with E-state index in [1.807, 2.05) is 0 Å². The first-order chi connectivity index (χ1) is 6.21. The molecule has 0 spiro atoms. The number of halogens is 6. The van der Waals surface area contributed by atoms with E-state index in [9.17, 15) is 26.3 Å². The second kappa shape index (κ2) is 3.51. The molecule has 92 valence electrons. The highest BCUT2D eigenvalue weighted by molar-refractivity contribution is 4.97. The lowest BCUT2D eigenvalue weighted by Gasteiger charge is -2.36. The maximum Gasteiger partial charge on any atom is 0.426 e. The fraction of sp³-hybridized carbons (Fsp3) is 1.00. The molecule has 0 aliphatic carbocycles. The van der Waals surface area contributed by atoms with Gasteiger partial charge in [-0.2, -0.15) is 26.3 Å². The van der Waals surface area contributed by atoms with E-state index in [0.29, 0.717) is 0 Å². The predicted molar refractivity (Wildman–Crippen MR) is 38.0 cm³/mol. The van der Waals surface area contributed by atoms with Gasteiger partial charge in [0.1, 0.15) is 0 Å². The Balaban J connectivity index is 5.26. The summed E-state index contributed by atoms with van der Waals surface area (Å²) in [6.07, 6.45) is -13.6. The minimum atomic E-state index is -5.88. The molecule has 0 aliphatic heterocycles. The van der Waals surface area contributed by atoms with E-state index in [1.165, 1.54) is 0 Å². The molecule has 0 saturated carbocycles. The van der Waals surface area contributed by atoms with Gasteiger partial charge in [-0.1, -0.05) is 0 Å². The van der Waals surface area contributed by atoms with Gasteiger partial charge in [0.2, 0.25) is 0 Å². The normalized spacial score (nSPS) is 15.6. The van der Waals surface area contributed by atoms with Crippen LogP contribution in [0.25, 0.3) is 0 Å². The Bertz CT molecular complexity index is 209. The van der Waals surface area contributed by atoms with Crippen molar-refractivity contribution in [3.8, 4) is 0 Å². The number of hydrogen-bond acceptors (Lipinski definition) is 2. The second-order valence-electron chi connectivity index (χ2n) is 3.85. The van der Waals surface area contributed by atoms with Crippen LogP contribution in [0.15, 0.2) is 0 Å². The highest BCUT2D eigenvalue weighted by Crippen LogP contribution is 2.47. The molecule has 0 rings (SSSR count). The highest BCUT2D eigenvalue weighted by Gasteiger charge is 2.71. The molecule has 0 saturated heterocycles. The van der Waals surface area contributed by atoms with Crippen LogP contribution in [0.3, 0.4) is 0 Å². The fourth-order valence-electron chi connectivity index (χ4n) is 0.987. The minimum Gasteiger partial charge on any atom is -0.390 e. The van der Waals surface area contributed by atoms with Gasteiger partial charge >= 0.3 is 12.4 Å². The first kappa shape index (κ1) is 14.5. The molecular weight excluding hydrogens is 230 g/mol. The number of rotatable bonds is 2. The van der Waals surface area contributed by atoms with Crippen molar-refractivity contribution < 1.29 is 36.6 Å². The maximum absolute atomic E-state index is 12.0. The van der Waals surface area contributed by atoms with Gasteiger partial charge in [-0.3, -0.25) is 0 Å². The molecule has 8 heteroatoms. The van der Waals surface area contributed by atoms with Crippen molar-refractivity contribution in [2.24, 2.45) is 0 Å². The van der Waals surface area contributed by atoms with Crippen LogP contribution in [-0.2, 0) is 0 Å². The summed E-state index contributed by atoms with van der Waals surface area (Å²) in [4.78, 5) is 0. The van der Waals surface area contributed by atoms with Gasteiger partial charge in [0.25, 0.3) is 5.60 Å². The molecule has 0 atom stereocenters. The topological polar surface area (TPSA) is 40.5 Å². The van der Waals surface area contributed by atoms with Gasteiger partial charge in [-0.15, -0.1) is 0 Å². The zero-order valence-corrected chi connectivity index (χ0v) is 7.87. The van der Waals surface area contributed by atoms with E-state index in [-0.39, 0.29) is 0 Å². The summed E-state index contributed by atoms with van der Waals surface area (Å²) >= 11 is 0. The first-order valence-corrected chi connectivity index (χ1v) is 3.79. The van der Waals surface area contributed by atoms with E-state index >= 15 is 0 Å². The lowest BCUT2D eigenvalue weighted by Crippen LogP contribution is -2.59. The molecule has 0 aromatic rings. The zero-order chi connectivity index (χ0) is 12.7. The quantitative estimate of drug-likeness (QED) is 0.725. The van der Waals surface area contributed by atoms with Crippen molar-refractivity contribution in [3.05, 3.63) is 0 Å². The van der Waals surface area contributed by atoms with Crippen molar-refractivity contribution in [1.82, 2.24) is 0 Å². The van der Waals surface area contributed by atoms with Crippen molar-refractivity contribution in [2.75, 3.05) is 0 Å². The third-order valence-corrected chi connectivity index (χ3v) is 1.63. The Morgan fingerprint density at radius 3 is 1.13 bits per heavy atom. The van der Waals surface area contributed by atoms with E-state index in [0.717, 1.165) is 13.8 Å². The summed E-state index contributed by atoms with van der Waals surface area (Å²) in [6.45, 7) is 1.49. The van der Waals surface area contributed by atoms with Crippen molar-refractivity contribution >= 4 is 0 Å². The molecule has 15 heavy (non-hydrogen) atoms. The van der Waals surface area contributed by atoms with E-state index in [4.69, 9.17) is 10.2 Å². The summed E-state index contributed by atoms with van der Waals surface area (Å²) in [5.74, 6) is 0. The fourth-order valence-corrected chi connectivity index (χ4v) is 0.987. The van der Waals surface area contributed by atoms with Crippen molar-refractivity contribution in [3.63, 3.8) is 0 Å². The molecule has 0 heterocycles. The Morgan fingerprint density at radius 2 is 1.07 bits per heavy atom. The van der Waals surface area contributed by atoms with Crippen LogP contribution in [0.2, 0.25) is 0 Å². The Labute approximate surface area is 81.5 Å². The van der Waals surface area contributed by atoms with Crippen LogP contribution in [0.5, 0.6) is 0 Å². The summed E-state index contributed by atoms with van der Waals surface area (Å²) in [5.41, 5.74) is -7.18. The molecule has 2 N–H and O–H groups in total. The Hall–Kier alpha value is -0.500. The van der Waals surface area contributed by atoms with Gasteiger partial charge in [-0.05, 0) is 13.8 Å². The zero-order valence-electron chi connectivity index (χ0n) is 7.87. The molecule has 0 aromatic heterocycles. The van der Waals surface area contributed by atoms with Crippen LogP contribution < -0.4 is 0 Å². The van der Waals surface area contributed by atoms with Gasteiger partial charge in [0.15, 0.2) is 0 Å². The minimum absolute atomic E-state index is 0.745. The van der Waals surface area contributed by atoms with E-state index < -0.39 is 30.0 Å². The molecule has 0 aromatic carbocycles. The van der Waals surface area contributed by atoms with E-state index in [2.05, 4.69) is 0 Å². The Morgan fingerprint density at radius 1 is 0.800 bits per heavy atom. The van der Waals surface area contributed by atoms with Crippen molar-refractivity contribution in [1.29, 1.82) is 0 Å². The monoisotopic (exact) mass is 240 g/mol. The molecule has 0 aliphatic rings. The lowest BCUT2D eigenvalue weighted by atomic mass is 9.88. The predicted octanol–water partition coefficient (Wildman–Crippen LogP) is 2.00. The summed E-state index contributed by atoms with van der Waals surface area (Å²) in [5, 5.41) is 17.5. The SMILES string of the molecule is CC(C)(O)CC(O)(C(F)(F)F)C(F)(F)F. The highest BCUT2D eigenvalue weighted by atomic mass is 19.4. The van der Waals surface area contributed by atoms with Gasteiger partial charge in [-0.25, -0.2) is 0 Å². The van der Waals surface area contributed by atoms with Gasteiger partial charge < -0.3 is 10.2 Å². The third-order valence-electron chi connectivity index (χ3n) is 1.63. The largest absolute Gasteiger partial charge is 0.426 e. The molecular formula is C7H10F6O2. The third kappa shape index (κ3) is 3.23. The van der Waals surface area contributed by atoms with Gasteiger partial charge in [0.05, 0.1) is 5.60 Å². The standard InChI is InChI=1S/C7H10F6O2/c1-4(2,14)3-5(15,6(8,9)10)7(11,12)13/h14-15H,3H2,1-2H3. The van der Waals surface area contributed by atoms with Crippen LogP contribution in [0, 0.1) is 0 Å². The van der Waals surface area contributed by atoms with Crippen LogP contribution in [0.1, 0.15) is 20.3 Å². The van der Waals surface area contributed by atoms with E-state index in [1.54, 1.807) is 0 Å². The molecule has 2 nitrogen and oxygen atoms in total. The average Bonchev–Trinajstić information content (AvgIpc) is 1.77. The van der Waals surface area contributed by atoms with Gasteiger partial charge in [0, 0.05) is 6.42 Å². The maximum atomic E-state index is 12.0. The van der Waals surface area contributed by atoms with Crippen LogP contribution in [0.4, 0.5) is 26.3 Å². The Kier molecular flexibility index (Phi) is 3.40. The number of hydrogen-bond donors (Lipinski definition) is 2. The molecule has 0 unspecified atom stereocenters. The molecule has 0 fully saturated rings. The smallest absolute Gasteiger partial charge is 0.390 e. The molecule has 0 bridgehead atoms. The average molecular weight is 240 g/mol. The molecule has 0 radical (unpaired) electrons. The van der Waals surface area contributed by atoms with Crippen molar-refractivity contribution in [2.45, 2.75) is 43.8 Å². The molecule has 0 amide bonds. The summed E-state index contributed by atoms with van der Waals surface area (Å²) in [6, 6.07) is 0. The lowest BCUT2D eigenvalue weighted by molar-refractivity contribution is -0.377. The first-order valence-electron chi connectivity index (χ1n) is 3.79. The second-order valence-corrected chi connectivity index (χ2v) is 3.85. The summed E-state index contributed by atoms with van der Waals surface area (Å²) in [7, 11) is 0. The van der Waals surface area contributed by atoms with Crippen LogP contribution >= 0.6 is 0 Å². The number of alkyl halides is 6. The number of aliphatic hydroxyl groups is 2. The summed E-state index contributed by atoms with van der Waals surface area (Å²) < 4.78 is 72.3. The van der Waals surface area contributed by atoms with Crippen LogP contribution in [-0.4, -0.2) is 33.8 Å².